The van der Waals surface area contributed by atoms with Crippen molar-refractivity contribution in [3.8, 4) is 5.88 Å². The second kappa shape index (κ2) is 6.03. The molecule has 3 heterocycles. The summed E-state index contributed by atoms with van der Waals surface area (Å²) < 4.78 is 5.23. The van der Waals surface area contributed by atoms with Crippen LogP contribution in [0.1, 0.15) is 22.0 Å². The largest absolute Gasteiger partial charge is 0.493 e. The van der Waals surface area contributed by atoms with E-state index in [-0.39, 0.29) is 11.5 Å². The lowest BCUT2D eigenvalue weighted by Gasteiger charge is -2.12. The molecule has 1 aliphatic heterocycles. The number of azo groups is 1. The maximum Gasteiger partial charge on any atom is 0.375 e. The van der Waals surface area contributed by atoms with Crippen molar-refractivity contribution in [2.24, 2.45) is 10.2 Å². The topological polar surface area (TPSA) is 160 Å². The molecule has 126 valence electrons. The molecule has 0 radical (unpaired) electrons. The van der Waals surface area contributed by atoms with Gasteiger partial charge >= 0.3 is 5.97 Å². The Labute approximate surface area is 139 Å². The molecule has 2 aromatic rings. The number of aromatic nitrogens is 3. The maximum absolute atomic E-state index is 12.7. The van der Waals surface area contributed by atoms with Crippen LogP contribution < -0.4 is 0 Å². The molecule has 11 nitrogen and oxygen atoms in total. The average Bonchev–Trinajstić information content (AvgIpc) is 3.15. The molecule has 2 N–H and O–H groups in total. The number of aromatic hydroxyl groups is 1. The summed E-state index contributed by atoms with van der Waals surface area (Å²) in [6.07, 6.45) is 2.67. The van der Waals surface area contributed by atoms with E-state index in [9.17, 15) is 19.5 Å². The smallest absolute Gasteiger partial charge is 0.375 e. The molecule has 2 aromatic heterocycles. The average molecular weight is 342 g/mol. The lowest BCUT2D eigenvalue weighted by molar-refractivity contribution is -0.151. The summed E-state index contributed by atoms with van der Waals surface area (Å²) >= 11 is 0. The number of hydrogen-bond acceptors (Lipinski definition) is 9. The number of ketones is 2. The van der Waals surface area contributed by atoms with Gasteiger partial charge in [-0.2, -0.15) is 0 Å². The van der Waals surface area contributed by atoms with Gasteiger partial charge in [0, 0.05) is 18.0 Å². The first-order valence-corrected chi connectivity index (χ1v) is 6.84. The highest BCUT2D eigenvalue weighted by Gasteiger charge is 2.40. The van der Waals surface area contributed by atoms with Crippen LogP contribution in [0.4, 0.5) is 5.95 Å². The molecule has 1 aliphatic rings. The Kier molecular flexibility index (Phi) is 3.89. The number of rotatable bonds is 5. The number of carbonyl (C=O) groups is 3. The van der Waals surface area contributed by atoms with Crippen LogP contribution in [0.15, 0.2) is 34.8 Å². The molecule has 0 aliphatic carbocycles. The summed E-state index contributed by atoms with van der Waals surface area (Å²) in [6.45, 7) is 0. The van der Waals surface area contributed by atoms with Gasteiger partial charge in [0.15, 0.2) is 5.78 Å². The van der Waals surface area contributed by atoms with E-state index in [1.54, 1.807) is 0 Å². The number of carbonyl (C=O) groups excluding carboxylic acids is 3. The Morgan fingerprint density at radius 3 is 2.52 bits per heavy atom. The fourth-order valence-electron chi connectivity index (χ4n) is 2.28. The summed E-state index contributed by atoms with van der Waals surface area (Å²) in [5.74, 6) is -6.30. The van der Waals surface area contributed by atoms with Crippen molar-refractivity contribution >= 4 is 29.4 Å². The summed E-state index contributed by atoms with van der Waals surface area (Å²) in [5.41, 5.74) is -0.322. The number of nitrogens with one attached hydrogen (secondary N) is 1. The Hall–Kier alpha value is -3.76. The van der Waals surface area contributed by atoms with Gasteiger partial charge < -0.3 is 9.84 Å². The third-order valence-corrected chi connectivity index (χ3v) is 3.46. The highest BCUT2D eigenvalue weighted by molar-refractivity contribution is 6.41. The molecule has 0 spiro atoms. The highest BCUT2D eigenvalue weighted by Crippen LogP contribution is 2.35. The maximum atomic E-state index is 12.7. The zero-order chi connectivity index (χ0) is 18.1. The molecule has 0 fully saturated rings. The van der Waals surface area contributed by atoms with Crippen LogP contribution in [0.25, 0.3) is 0 Å². The van der Waals surface area contributed by atoms with Crippen LogP contribution >= 0.6 is 0 Å². The number of nitrogens with zero attached hydrogens (tertiary/aromatic N) is 5. The highest BCUT2D eigenvalue weighted by atomic mass is 16.5. The van der Waals surface area contributed by atoms with Crippen LogP contribution in [0, 0.1) is 5.41 Å². The van der Waals surface area contributed by atoms with Gasteiger partial charge in [-0.1, -0.05) is 0 Å². The van der Waals surface area contributed by atoms with Crippen molar-refractivity contribution in [3.05, 3.63) is 35.8 Å². The van der Waals surface area contributed by atoms with E-state index >= 15 is 0 Å². The van der Waals surface area contributed by atoms with E-state index in [0.717, 1.165) is 11.7 Å². The lowest BCUT2D eigenvalue weighted by Crippen LogP contribution is -2.30. The van der Waals surface area contributed by atoms with E-state index in [4.69, 9.17) is 5.41 Å². The predicted octanol–water partition coefficient (Wildman–Crippen LogP) is 0.572. The fourth-order valence-corrected chi connectivity index (χ4v) is 2.28. The number of imidazole rings is 1. The minimum atomic E-state index is -1.75. The zero-order valence-corrected chi connectivity index (χ0v) is 12.7. The van der Waals surface area contributed by atoms with E-state index in [1.165, 1.54) is 24.5 Å². The van der Waals surface area contributed by atoms with E-state index in [1.807, 2.05) is 0 Å². The SMILES string of the molecule is COC(=O)C(=O)[C@H](C(=O)c1ccncc1)c1nc2n(c1O)C(=N)N=N2. The molecule has 0 saturated heterocycles. The number of pyridine rings is 1. The molecule has 25 heavy (non-hydrogen) atoms. The van der Waals surface area contributed by atoms with Gasteiger partial charge in [0.2, 0.25) is 5.88 Å². The normalized spacial score (nSPS) is 13.4. The molecule has 0 bridgehead atoms. The van der Waals surface area contributed by atoms with Crippen molar-refractivity contribution in [1.29, 1.82) is 5.41 Å². The van der Waals surface area contributed by atoms with Crippen LogP contribution in [0.2, 0.25) is 0 Å². The first kappa shape index (κ1) is 16.1. The second-order valence-electron chi connectivity index (χ2n) is 4.87. The molecule has 0 saturated carbocycles. The van der Waals surface area contributed by atoms with Gasteiger partial charge in [-0.25, -0.2) is 14.3 Å². The number of fused-ring (bicyclic) bond motifs is 1. The zero-order valence-electron chi connectivity index (χ0n) is 12.7. The van der Waals surface area contributed by atoms with Gasteiger partial charge in [-0.3, -0.25) is 20.0 Å². The third-order valence-electron chi connectivity index (χ3n) is 3.46. The molecule has 0 amide bonds. The molecular formula is C14H10N6O5. The lowest BCUT2D eigenvalue weighted by atomic mass is 9.91. The number of esters is 1. The van der Waals surface area contributed by atoms with Crippen molar-refractivity contribution < 1.29 is 24.2 Å². The molecule has 3 rings (SSSR count). The Bertz CT molecular complexity index is 933. The van der Waals surface area contributed by atoms with E-state index < -0.39 is 41.0 Å². The minimum Gasteiger partial charge on any atom is -0.493 e. The first-order chi connectivity index (χ1) is 12.0. The van der Waals surface area contributed by atoms with Gasteiger partial charge in [0.05, 0.1) is 7.11 Å². The summed E-state index contributed by atoms with van der Waals surface area (Å²) in [6, 6.07) is 2.70. The summed E-state index contributed by atoms with van der Waals surface area (Å²) in [5, 5.41) is 24.8. The van der Waals surface area contributed by atoms with Crippen molar-refractivity contribution in [1.82, 2.24) is 14.5 Å². The third kappa shape index (κ3) is 2.56. The van der Waals surface area contributed by atoms with Crippen LogP contribution in [0.5, 0.6) is 5.88 Å². The predicted molar refractivity (Wildman–Crippen MR) is 79.9 cm³/mol. The monoisotopic (exact) mass is 342 g/mol. The molecule has 1 atom stereocenters. The van der Waals surface area contributed by atoms with Crippen molar-refractivity contribution in [2.75, 3.05) is 7.11 Å². The fraction of sp³-hybridized carbons (Fsp3) is 0.143. The summed E-state index contributed by atoms with van der Waals surface area (Å²) in [7, 11) is 0.991. The molecule has 0 aromatic carbocycles. The second-order valence-corrected chi connectivity index (χ2v) is 4.87. The van der Waals surface area contributed by atoms with Gasteiger partial charge in [0.1, 0.15) is 11.6 Å². The van der Waals surface area contributed by atoms with Gasteiger partial charge in [-0.05, 0) is 12.1 Å². The van der Waals surface area contributed by atoms with Crippen molar-refractivity contribution in [3.63, 3.8) is 0 Å². The number of Topliss-reactive ketones (excluding diaryl/α,β-unsaturated/α-hetero) is 2. The van der Waals surface area contributed by atoms with Gasteiger partial charge in [0.25, 0.3) is 17.7 Å². The quantitative estimate of drug-likeness (QED) is 0.347. The van der Waals surface area contributed by atoms with Crippen molar-refractivity contribution in [2.45, 2.75) is 5.92 Å². The molecule has 0 unspecified atom stereocenters. The standard InChI is InChI=1S/C14H10N6O5/c1-25-12(24)10(22)7(9(21)6-2-4-16-5-3-6)8-11(23)20-13(15)18-19-14(20)17-8/h2-5,7,15,23H,1H3/t7-/m0/s1. The van der Waals surface area contributed by atoms with Crippen LogP contribution in [0.3, 0.4) is 0 Å². The number of ether oxygens (including phenoxy) is 1. The summed E-state index contributed by atoms with van der Waals surface area (Å²) in [4.78, 5) is 44.4. The van der Waals surface area contributed by atoms with Gasteiger partial charge in [-0.15, -0.1) is 10.2 Å². The Morgan fingerprint density at radius 1 is 1.24 bits per heavy atom. The number of hydrogen-bond donors (Lipinski definition) is 2. The van der Waals surface area contributed by atoms with Crippen LogP contribution in [-0.2, 0) is 14.3 Å². The number of methoxy groups -OCH3 is 1. The van der Waals surface area contributed by atoms with Crippen LogP contribution in [-0.4, -0.2) is 50.2 Å². The molecule has 11 heteroatoms. The molecular weight excluding hydrogens is 332 g/mol. The Balaban J connectivity index is 2.13. The van der Waals surface area contributed by atoms with E-state index in [2.05, 4.69) is 24.9 Å². The first-order valence-electron chi connectivity index (χ1n) is 6.84. The Morgan fingerprint density at radius 2 is 1.92 bits per heavy atom. The van der Waals surface area contributed by atoms with E-state index in [0.29, 0.717) is 0 Å². The minimum absolute atomic E-state index is 0.0847.